The third kappa shape index (κ3) is 5.48. The maximum absolute atomic E-state index is 13.4. The van der Waals surface area contributed by atoms with Crippen molar-refractivity contribution < 1.29 is 27.4 Å². The van der Waals surface area contributed by atoms with Gasteiger partial charge in [-0.3, -0.25) is 14.7 Å². The molecule has 0 bridgehead atoms. The minimum Gasteiger partial charge on any atom is -0.490 e. The van der Waals surface area contributed by atoms with E-state index in [-0.39, 0.29) is 28.6 Å². The van der Waals surface area contributed by atoms with Gasteiger partial charge in [-0.25, -0.2) is 8.42 Å². The lowest BCUT2D eigenvalue weighted by Gasteiger charge is -2.41. The molecule has 3 aliphatic rings. The van der Waals surface area contributed by atoms with Gasteiger partial charge in [0.2, 0.25) is 16.6 Å². The van der Waals surface area contributed by atoms with Gasteiger partial charge in [0.25, 0.3) is 5.91 Å². The van der Waals surface area contributed by atoms with Crippen LogP contribution >= 0.6 is 0 Å². The van der Waals surface area contributed by atoms with Crippen molar-refractivity contribution in [1.82, 2.24) is 14.8 Å². The molecule has 10 heteroatoms. The van der Waals surface area contributed by atoms with E-state index in [1.165, 1.54) is 6.07 Å². The molecule has 3 aromatic carbocycles. The zero-order valence-electron chi connectivity index (χ0n) is 24.6. The zero-order valence-corrected chi connectivity index (χ0v) is 25.5. The highest BCUT2D eigenvalue weighted by molar-refractivity contribution is 7.91. The first-order valence-corrected chi connectivity index (χ1v) is 16.6. The van der Waals surface area contributed by atoms with Crippen molar-refractivity contribution in [2.45, 2.75) is 54.5 Å². The molecule has 0 aliphatic carbocycles. The number of ether oxygens (including phenoxy) is 3. The van der Waals surface area contributed by atoms with E-state index in [9.17, 15) is 13.2 Å². The van der Waals surface area contributed by atoms with Gasteiger partial charge in [0.1, 0.15) is 11.9 Å². The molecule has 1 amide bonds. The van der Waals surface area contributed by atoms with Crippen LogP contribution in [-0.4, -0.2) is 74.2 Å². The average Bonchev–Trinajstić information content (AvgIpc) is 3.54. The minimum atomic E-state index is -3.71. The molecule has 2 saturated heterocycles. The second-order valence-corrected chi connectivity index (χ2v) is 13.6. The maximum Gasteiger partial charge on any atom is 0.254 e. The number of piperidine rings is 2. The van der Waals surface area contributed by atoms with Gasteiger partial charge in [-0.2, -0.15) is 0 Å². The van der Waals surface area contributed by atoms with Gasteiger partial charge < -0.3 is 19.1 Å². The Morgan fingerprint density at radius 3 is 2.39 bits per heavy atom. The number of pyridine rings is 1. The first-order valence-electron chi connectivity index (χ1n) is 15.2. The third-order valence-corrected chi connectivity index (χ3v) is 10.8. The fraction of sp³-hybridized carbons (Fsp3) is 0.353. The van der Waals surface area contributed by atoms with Crippen LogP contribution in [0, 0.1) is 6.92 Å². The summed E-state index contributed by atoms with van der Waals surface area (Å²) < 4.78 is 43.6. The van der Waals surface area contributed by atoms with Crippen molar-refractivity contribution in [1.29, 1.82) is 0 Å². The lowest BCUT2D eigenvalue weighted by atomic mass is 9.98. The van der Waals surface area contributed by atoms with Gasteiger partial charge in [0.15, 0.2) is 11.5 Å². The lowest BCUT2D eigenvalue weighted by Crippen LogP contribution is -2.50. The maximum atomic E-state index is 13.4. The molecule has 0 saturated carbocycles. The van der Waals surface area contributed by atoms with Crippen LogP contribution < -0.4 is 14.2 Å². The summed E-state index contributed by atoms with van der Waals surface area (Å²) in [7, 11) is -3.71. The number of carbonyl (C=O) groups excluding carboxylic acids is 1. The number of aryl methyl sites for hydroxylation is 1. The quantitative estimate of drug-likeness (QED) is 0.291. The smallest absolute Gasteiger partial charge is 0.254 e. The van der Waals surface area contributed by atoms with Crippen molar-refractivity contribution >= 4 is 26.6 Å². The van der Waals surface area contributed by atoms with Crippen LogP contribution in [-0.2, 0) is 9.84 Å². The molecule has 7 rings (SSSR count). The summed E-state index contributed by atoms with van der Waals surface area (Å²) in [4.78, 5) is 22.7. The highest BCUT2D eigenvalue weighted by Crippen LogP contribution is 2.36. The van der Waals surface area contributed by atoms with E-state index >= 15 is 0 Å². The number of para-hydroxylation sites is 1. The second kappa shape index (κ2) is 11.7. The number of rotatable bonds is 6. The summed E-state index contributed by atoms with van der Waals surface area (Å²) >= 11 is 0. The fourth-order valence-corrected chi connectivity index (χ4v) is 7.89. The fourth-order valence-electron chi connectivity index (χ4n) is 6.53. The summed E-state index contributed by atoms with van der Waals surface area (Å²) in [6.07, 6.45) is 5.51. The van der Waals surface area contributed by atoms with Crippen LogP contribution in [0.4, 0.5) is 0 Å². The summed E-state index contributed by atoms with van der Waals surface area (Å²) in [5, 5.41) is 0.903. The monoisotopic (exact) mass is 613 g/mol. The summed E-state index contributed by atoms with van der Waals surface area (Å²) in [6.45, 7) is 5.34. The SMILES string of the molecule is Cc1cc(S(=O)(=O)c2ccc3c(c2)OCO3)ccc1OC1CCN(C2CCN(C(=O)c3ccnc4ccccc34)CC2)CC1. The van der Waals surface area contributed by atoms with Crippen LogP contribution in [0.25, 0.3) is 10.9 Å². The summed E-state index contributed by atoms with van der Waals surface area (Å²) in [6, 6.07) is 19.8. The lowest BCUT2D eigenvalue weighted by molar-refractivity contribution is 0.0424. The molecule has 0 radical (unpaired) electrons. The molecule has 0 N–H and O–H groups in total. The minimum absolute atomic E-state index is 0.0721. The van der Waals surface area contributed by atoms with Crippen molar-refractivity contribution in [3.8, 4) is 17.2 Å². The van der Waals surface area contributed by atoms with E-state index in [1.807, 2.05) is 42.2 Å². The van der Waals surface area contributed by atoms with Gasteiger partial charge >= 0.3 is 0 Å². The van der Waals surface area contributed by atoms with E-state index in [4.69, 9.17) is 14.2 Å². The Hall–Kier alpha value is -4.15. The number of fused-ring (bicyclic) bond motifs is 2. The molecule has 0 atom stereocenters. The average molecular weight is 614 g/mol. The Morgan fingerprint density at radius 2 is 1.59 bits per heavy atom. The molecule has 4 heterocycles. The van der Waals surface area contributed by atoms with Gasteiger partial charge in [0, 0.05) is 49.9 Å². The van der Waals surface area contributed by atoms with Crippen molar-refractivity contribution in [2.24, 2.45) is 0 Å². The highest BCUT2D eigenvalue weighted by Gasteiger charge is 2.31. The van der Waals surface area contributed by atoms with Crippen LogP contribution in [0.2, 0.25) is 0 Å². The third-order valence-electron chi connectivity index (χ3n) is 9.03. The van der Waals surface area contributed by atoms with E-state index in [0.29, 0.717) is 23.3 Å². The van der Waals surface area contributed by atoms with Crippen LogP contribution in [0.5, 0.6) is 17.2 Å². The van der Waals surface area contributed by atoms with Gasteiger partial charge in [-0.1, -0.05) is 18.2 Å². The molecule has 44 heavy (non-hydrogen) atoms. The number of aromatic nitrogens is 1. The number of hydrogen-bond acceptors (Lipinski definition) is 8. The van der Waals surface area contributed by atoms with E-state index in [0.717, 1.165) is 73.9 Å². The highest BCUT2D eigenvalue weighted by atomic mass is 32.2. The molecule has 9 nitrogen and oxygen atoms in total. The van der Waals surface area contributed by atoms with E-state index in [1.54, 1.807) is 36.5 Å². The van der Waals surface area contributed by atoms with Gasteiger partial charge in [0.05, 0.1) is 20.9 Å². The number of hydrogen-bond donors (Lipinski definition) is 0. The van der Waals surface area contributed by atoms with Crippen molar-refractivity contribution in [3.63, 3.8) is 0 Å². The molecule has 3 aliphatic heterocycles. The first kappa shape index (κ1) is 28.6. The Bertz CT molecular complexity index is 1810. The van der Waals surface area contributed by atoms with Crippen LogP contribution in [0.1, 0.15) is 41.6 Å². The van der Waals surface area contributed by atoms with Gasteiger partial charge in [-0.05, 0) is 80.6 Å². The number of amides is 1. The number of benzene rings is 3. The normalized spacial score (nSPS) is 18.1. The standard InChI is InChI=1S/C34H35N3O6S/c1-23-20-26(44(39,40)27-7-9-32-33(21-27)42-22-41-32)6-8-31(23)43-25-13-18-36(19-14-25)24-11-16-37(17-12-24)34(38)29-10-15-35-30-5-3-2-4-28(29)30/h2-10,15,20-21,24-25H,11-14,16-19,22H2,1H3. The number of sulfone groups is 1. The van der Waals surface area contributed by atoms with E-state index < -0.39 is 9.84 Å². The summed E-state index contributed by atoms with van der Waals surface area (Å²) in [5.74, 6) is 1.78. The van der Waals surface area contributed by atoms with Crippen LogP contribution in [0.15, 0.2) is 82.7 Å². The Kier molecular flexibility index (Phi) is 7.63. The molecule has 228 valence electrons. The predicted molar refractivity (Wildman–Crippen MR) is 165 cm³/mol. The number of likely N-dealkylation sites (tertiary alicyclic amines) is 2. The molecule has 4 aromatic rings. The molecule has 0 unspecified atom stereocenters. The molecular formula is C34H35N3O6S. The molecule has 1 aromatic heterocycles. The molecular weight excluding hydrogens is 578 g/mol. The topological polar surface area (TPSA) is 98.3 Å². The number of nitrogens with zero attached hydrogens (tertiary/aromatic N) is 3. The van der Waals surface area contributed by atoms with Crippen LogP contribution in [0.3, 0.4) is 0 Å². The van der Waals surface area contributed by atoms with Crippen molar-refractivity contribution in [2.75, 3.05) is 33.0 Å². The predicted octanol–water partition coefficient (Wildman–Crippen LogP) is 5.25. The largest absolute Gasteiger partial charge is 0.490 e. The van der Waals surface area contributed by atoms with Crippen molar-refractivity contribution in [3.05, 3.63) is 84.1 Å². The molecule has 2 fully saturated rings. The second-order valence-electron chi connectivity index (χ2n) is 11.7. The zero-order chi connectivity index (χ0) is 30.3. The Morgan fingerprint density at radius 1 is 0.864 bits per heavy atom. The first-order chi connectivity index (χ1) is 21.4. The molecule has 0 spiro atoms. The van der Waals surface area contributed by atoms with E-state index in [2.05, 4.69) is 9.88 Å². The number of carbonyl (C=O) groups is 1. The Labute approximate surface area is 257 Å². The summed E-state index contributed by atoms with van der Waals surface area (Å²) in [5.41, 5.74) is 2.35. The Balaban J connectivity index is 0.926. The van der Waals surface area contributed by atoms with Gasteiger partial charge in [-0.15, -0.1) is 0 Å².